The van der Waals surface area contributed by atoms with E-state index < -0.39 is 0 Å². The van der Waals surface area contributed by atoms with E-state index in [4.69, 9.17) is 0 Å². The topological polar surface area (TPSA) is 76.4 Å². The summed E-state index contributed by atoms with van der Waals surface area (Å²) in [5.41, 5.74) is 2.41. The van der Waals surface area contributed by atoms with Crippen LogP contribution in [-0.4, -0.2) is 42.9 Å². The molecular weight excluding hydrogens is 328 g/mol. The summed E-state index contributed by atoms with van der Waals surface area (Å²) in [5.74, 6) is -0.166. The van der Waals surface area contributed by atoms with Crippen molar-refractivity contribution in [2.45, 2.75) is 32.1 Å². The minimum absolute atomic E-state index is 0.110. The minimum atomic E-state index is -0.358. The van der Waals surface area contributed by atoms with Crippen molar-refractivity contribution in [3.8, 4) is 6.07 Å². The van der Waals surface area contributed by atoms with Gasteiger partial charge in [-0.2, -0.15) is 5.26 Å². The van der Waals surface area contributed by atoms with Crippen molar-refractivity contribution in [1.82, 2.24) is 10.2 Å². The molecule has 6 nitrogen and oxygen atoms in total. The Morgan fingerprint density at radius 3 is 2.81 bits per heavy atom. The van der Waals surface area contributed by atoms with E-state index in [9.17, 15) is 14.9 Å². The lowest BCUT2D eigenvalue weighted by Gasteiger charge is -2.28. The highest BCUT2D eigenvalue weighted by atomic mass is 16.2. The molecule has 0 aromatic heterocycles. The Morgan fingerprint density at radius 1 is 1.23 bits per heavy atom. The van der Waals surface area contributed by atoms with Crippen molar-refractivity contribution in [2.75, 3.05) is 31.1 Å². The highest BCUT2D eigenvalue weighted by Crippen LogP contribution is 2.27. The first-order valence-electron chi connectivity index (χ1n) is 9.21. The summed E-state index contributed by atoms with van der Waals surface area (Å²) < 4.78 is 0. The van der Waals surface area contributed by atoms with Crippen LogP contribution in [0, 0.1) is 11.3 Å². The number of anilines is 1. The van der Waals surface area contributed by atoms with Crippen molar-refractivity contribution in [2.24, 2.45) is 0 Å². The van der Waals surface area contributed by atoms with Gasteiger partial charge < -0.3 is 15.1 Å². The SMILES string of the molecule is N#C/C(=C/N1CCCc2ccccc21)C(=O)NCCCN1CCCC1=O. The molecule has 0 unspecified atom stereocenters. The molecule has 2 heterocycles. The molecule has 0 spiro atoms. The van der Waals surface area contributed by atoms with Gasteiger partial charge in [0.1, 0.15) is 11.6 Å². The second-order valence-corrected chi connectivity index (χ2v) is 6.67. The summed E-state index contributed by atoms with van der Waals surface area (Å²) in [7, 11) is 0. The van der Waals surface area contributed by atoms with Gasteiger partial charge in [-0.1, -0.05) is 18.2 Å². The standard InChI is InChI=1S/C20H24N4O2/c21-14-17(15-24-12-3-7-16-6-1-2-8-18(16)24)20(26)22-10-5-13-23-11-4-9-19(23)25/h1-2,6,8,15H,3-5,7,9-13H2,(H,22,26)/b17-15-. The predicted octanol–water partition coefficient (Wildman–Crippen LogP) is 1.98. The van der Waals surface area contributed by atoms with Gasteiger partial charge in [-0.3, -0.25) is 9.59 Å². The fraction of sp³-hybridized carbons (Fsp3) is 0.450. The molecule has 26 heavy (non-hydrogen) atoms. The summed E-state index contributed by atoms with van der Waals surface area (Å²) in [6.45, 7) is 2.72. The lowest BCUT2D eigenvalue weighted by Crippen LogP contribution is -2.32. The zero-order chi connectivity index (χ0) is 18.4. The van der Waals surface area contributed by atoms with Gasteiger partial charge in [0.25, 0.3) is 5.91 Å². The Morgan fingerprint density at radius 2 is 2.04 bits per heavy atom. The maximum absolute atomic E-state index is 12.3. The molecule has 1 saturated heterocycles. The largest absolute Gasteiger partial charge is 0.351 e. The molecular formula is C20H24N4O2. The molecule has 6 heteroatoms. The fourth-order valence-electron chi connectivity index (χ4n) is 3.50. The molecule has 2 amide bonds. The lowest BCUT2D eigenvalue weighted by atomic mass is 10.0. The van der Waals surface area contributed by atoms with Crippen LogP contribution in [0.4, 0.5) is 5.69 Å². The van der Waals surface area contributed by atoms with Crippen molar-refractivity contribution in [3.63, 3.8) is 0 Å². The maximum atomic E-state index is 12.3. The molecule has 2 aliphatic heterocycles. The van der Waals surface area contributed by atoms with Crippen LogP contribution in [-0.2, 0) is 16.0 Å². The van der Waals surface area contributed by atoms with Gasteiger partial charge in [-0.05, 0) is 37.3 Å². The van der Waals surface area contributed by atoms with Crippen molar-refractivity contribution < 1.29 is 9.59 Å². The van der Waals surface area contributed by atoms with Crippen LogP contribution in [0.15, 0.2) is 36.0 Å². The third-order valence-electron chi connectivity index (χ3n) is 4.86. The van der Waals surface area contributed by atoms with Gasteiger partial charge in [0.15, 0.2) is 0 Å². The number of carbonyl (C=O) groups is 2. The number of aryl methyl sites for hydroxylation is 1. The predicted molar refractivity (Wildman–Crippen MR) is 99.2 cm³/mol. The van der Waals surface area contributed by atoms with Crippen LogP contribution in [0.5, 0.6) is 0 Å². The van der Waals surface area contributed by atoms with Gasteiger partial charge in [0, 0.05) is 44.5 Å². The molecule has 3 rings (SSSR count). The number of hydrogen-bond acceptors (Lipinski definition) is 4. The quantitative estimate of drug-likeness (QED) is 0.482. The third-order valence-corrected chi connectivity index (χ3v) is 4.86. The number of likely N-dealkylation sites (tertiary alicyclic amines) is 1. The highest BCUT2D eigenvalue weighted by molar-refractivity contribution is 5.97. The molecule has 1 aromatic rings. The number of carbonyl (C=O) groups excluding carboxylic acids is 2. The van der Waals surface area contributed by atoms with E-state index in [1.54, 1.807) is 6.20 Å². The molecule has 0 radical (unpaired) electrons. The average Bonchev–Trinajstić information content (AvgIpc) is 3.08. The van der Waals surface area contributed by atoms with E-state index in [-0.39, 0.29) is 17.4 Å². The number of rotatable bonds is 6. The number of nitrogens with one attached hydrogen (secondary N) is 1. The zero-order valence-corrected chi connectivity index (χ0v) is 14.9. The molecule has 136 valence electrons. The van der Waals surface area contributed by atoms with E-state index >= 15 is 0 Å². The second-order valence-electron chi connectivity index (χ2n) is 6.67. The van der Waals surface area contributed by atoms with Crippen LogP contribution in [0.2, 0.25) is 0 Å². The molecule has 0 bridgehead atoms. The van der Waals surface area contributed by atoms with Crippen LogP contribution in [0.25, 0.3) is 0 Å². The Bertz CT molecular complexity index is 750. The molecule has 0 aliphatic carbocycles. The first kappa shape index (κ1) is 18.0. The number of hydrogen-bond donors (Lipinski definition) is 1. The zero-order valence-electron chi connectivity index (χ0n) is 14.9. The van der Waals surface area contributed by atoms with Crippen molar-refractivity contribution in [1.29, 1.82) is 5.26 Å². The monoisotopic (exact) mass is 352 g/mol. The summed E-state index contributed by atoms with van der Waals surface area (Å²) >= 11 is 0. The second kappa shape index (κ2) is 8.52. The van der Waals surface area contributed by atoms with Gasteiger partial charge in [-0.25, -0.2) is 0 Å². The summed E-state index contributed by atoms with van der Waals surface area (Å²) in [5, 5.41) is 12.2. The number of amides is 2. The first-order valence-corrected chi connectivity index (χ1v) is 9.21. The molecule has 1 N–H and O–H groups in total. The smallest absolute Gasteiger partial charge is 0.263 e. The van der Waals surface area contributed by atoms with E-state index in [1.165, 1.54) is 5.56 Å². The van der Waals surface area contributed by atoms with E-state index in [1.807, 2.05) is 34.1 Å². The summed E-state index contributed by atoms with van der Waals surface area (Å²) in [6.07, 6.45) is 5.91. The van der Waals surface area contributed by atoms with Crippen molar-refractivity contribution in [3.05, 3.63) is 41.6 Å². The minimum Gasteiger partial charge on any atom is -0.351 e. The molecule has 1 aromatic carbocycles. The Hall–Kier alpha value is -2.81. The first-order chi connectivity index (χ1) is 12.7. The maximum Gasteiger partial charge on any atom is 0.263 e. The highest BCUT2D eigenvalue weighted by Gasteiger charge is 2.20. The average molecular weight is 352 g/mol. The number of fused-ring (bicyclic) bond motifs is 1. The fourth-order valence-corrected chi connectivity index (χ4v) is 3.50. The third kappa shape index (κ3) is 4.23. The van der Waals surface area contributed by atoms with E-state index in [2.05, 4.69) is 11.4 Å². The van der Waals surface area contributed by atoms with Gasteiger partial charge >= 0.3 is 0 Å². The van der Waals surface area contributed by atoms with Crippen LogP contribution < -0.4 is 10.2 Å². The normalized spacial score (nSPS) is 17.0. The van der Waals surface area contributed by atoms with E-state index in [0.29, 0.717) is 25.9 Å². The Balaban J connectivity index is 1.55. The van der Waals surface area contributed by atoms with Gasteiger partial charge in [-0.15, -0.1) is 0 Å². The van der Waals surface area contributed by atoms with Crippen LogP contribution in [0.1, 0.15) is 31.2 Å². The van der Waals surface area contributed by atoms with Crippen LogP contribution in [0.3, 0.4) is 0 Å². The summed E-state index contributed by atoms with van der Waals surface area (Å²) in [6, 6.07) is 10.1. The molecule has 2 aliphatic rings. The Labute approximate surface area is 154 Å². The van der Waals surface area contributed by atoms with E-state index in [0.717, 1.165) is 38.0 Å². The molecule has 0 saturated carbocycles. The van der Waals surface area contributed by atoms with Gasteiger partial charge in [0.2, 0.25) is 5.91 Å². The molecule has 1 fully saturated rings. The van der Waals surface area contributed by atoms with Crippen molar-refractivity contribution >= 4 is 17.5 Å². The summed E-state index contributed by atoms with van der Waals surface area (Å²) in [4.78, 5) is 27.7. The number of para-hydroxylation sites is 1. The molecule has 0 atom stereocenters. The Kier molecular flexibility index (Phi) is 5.90. The number of benzene rings is 1. The van der Waals surface area contributed by atoms with Gasteiger partial charge in [0.05, 0.1) is 0 Å². The number of nitriles is 1. The number of nitrogens with zero attached hydrogens (tertiary/aromatic N) is 3. The van der Waals surface area contributed by atoms with Crippen LogP contribution >= 0.6 is 0 Å². The lowest BCUT2D eigenvalue weighted by molar-refractivity contribution is -0.127.